The zero-order chi connectivity index (χ0) is 29.2. The fourth-order valence-corrected chi connectivity index (χ4v) is 6.34. The second-order valence-corrected chi connectivity index (χ2v) is 12.3. The van der Waals surface area contributed by atoms with E-state index in [1.165, 1.54) is 96.3 Å². The number of nitrogens with one attached hydrogen (secondary N) is 3. The van der Waals surface area contributed by atoms with Gasteiger partial charge in [-0.3, -0.25) is 15.0 Å². The van der Waals surface area contributed by atoms with E-state index in [4.69, 9.17) is 0 Å². The Morgan fingerprint density at radius 2 is 1.21 bits per heavy atom. The van der Waals surface area contributed by atoms with Crippen LogP contribution in [0.1, 0.15) is 135 Å². The molecule has 0 unspecified atom stereocenters. The van der Waals surface area contributed by atoms with Crippen LogP contribution in [0.5, 0.6) is 0 Å². The number of nitrogens with zero attached hydrogens (tertiary/aromatic N) is 2. The van der Waals surface area contributed by atoms with Crippen LogP contribution in [0.25, 0.3) is 0 Å². The van der Waals surface area contributed by atoms with Crippen molar-refractivity contribution in [3.63, 3.8) is 0 Å². The van der Waals surface area contributed by atoms with Gasteiger partial charge in [-0.05, 0) is 54.5 Å². The van der Waals surface area contributed by atoms with Crippen molar-refractivity contribution in [2.75, 3.05) is 18.5 Å². The van der Waals surface area contributed by atoms with Crippen LogP contribution in [0.3, 0.4) is 0 Å². The van der Waals surface area contributed by atoms with Crippen LogP contribution in [-0.4, -0.2) is 36.1 Å². The van der Waals surface area contributed by atoms with E-state index in [1.54, 1.807) is 24.5 Å². The summed E-state index contributed by atoms with van der Waals surface area (Å²) in [5.41, 5.74) is 4.97. The fraction of sp³-hybridized carbons (Fsp3) is 0.600. The predicted octanol–water partition coefficient (Wildman–Crippen LogP) is 7.88. The zero-order valence-corrected chi connectivity index (χ0v) is 25.4. The van der Waals surface area contributed by atoms with Gasteiger partial charge in [-0.15, -0.1) is 0 Å². The summed E-state index contributed by atoms with van der Waals surface area (Å²) in [6.45, 7) is 1.43. The summed E-state index contributed by atoms with van der Waals surface area (Å²) in [6, 6.07) is 10.9. The number of hydrogen-bond donors (Lipinski definition) is 3. The molecule has 0 saturated heterocycles. The van der Waals surface area contributed by atoms with E-state index in [0.717, 1.165) is 36.8 Å². The van der Waals surface area contributed by atoms with Gasteiger partial charge in [0.25, 0.3) is 11.8 Å². The molecule has 7 heteroatoms. The molecular weight excluding hydrogens is 522 g/mol. The molecule has 2 aliphatic carbocycles. The van der Waals surface area contributed by atoms with E-state index in [9.17, 15) is 9.59 Å². The van der Waals surface area contributed by atoms with Gasteiger partial charge in [-0.1, -0.05) is 108 Å². The molecule has 0 atom stereocenters. The lowest BCUT2D eigenvalue weighted by Crippen LogP contribution is -2.24. The Hall–Kier alpha value is -3.22. The van der Waals surface area contributed by atoms with Crippen molar-refractivity contribution in [2.24, 2.45) is 16.9 Å². The van der Waals surface area contributed by atoms with Crippen molar-refractivity contribution < 1.29 is 9.59 Å². The Labute approximate surface area is 252 Å². The molecule has 1 aromatic carbocycles. The number of unbranched alkanes of at least 4 members (excludes halogenated alkanes) is 5. The molecule has 0 radical (unpaired) electrons. The summed E-state index contributed by atoms with van der Waals surface area (Å²) < 4.78 is 0. The normalized spacial score (nSPS) is 15.8. The first-order valence-corrected chi connectivity index (χ1v) is 16.6. The molecule has 0 aliphatic heterocycles. The summed E-state index contributed by atoms with van der Waals surface area (Å²) >= 11 is 0. The zero-order valence-electron chi connectivity index (χ0n) is 25.4. The molecule has 0 bridgehead atoms. The molecule has 2 aliphatic rings. The third-order valence-corrected chi connectivity index (χ3v) is 8.94. The number of amides is 2. The van der Waals surface area contributed by atoms with Gasteiger partial charge in [0.05, 0.1) is 11.8 Å². The highest BCUT2D eigenvalue weighted by Crippen LogP contribution is 2.30. The van der Waals surface area contributed by atoms with Crippen LogP contribution in [0.4, 0.5) is 5.82 Å². The largest absolute Gasteiger partial charge is 0.352 e. The van der Waals surface area contributed by atoms with Crippen LogP contribution in [0, 0.1) is 11.8 Å². The Balaban J connectivity index is 1.05. The van der Waals surface area contributed by atoms with Crippen molar-refractivity contribution in [2.45, 2.75) is 109 Å². The lowest BCUT2D eigenvalue weighted by Gasteiger charge is -2.09. The summed E-state index contributed by atoms with van der Waals surface area (Å²) in [5, 5.41) is 10.3. The lowest BCUT2D eigenvalue weighted by atomic mass is 9.99. The fourth-order valence-electron chi connectivity index (χ4n) is 6.34. The van der Waals surface area contributed by atoms with Crippen LogP contribution in [0.15, 0.2) is 47.7 Å². The third-order valence-electron chi connectivity index (χ3n) is 8.94. The van der Waals surface area contributed by atoms with Crippen molar-refractivity contribution in [1.82, 2.24) is 15.6 Å². The van der Waals surface area contributed by atoms with E-state index in [0.29, 0.717) is 23.5 Å². The minimum atomic E-state index is -0.0908. The number of rotatable bonds is 18. The van der Waals surface area contributed by atoms with Crippen molar-refractivity contribution in [3.8, 4) is 0 Å². The topological polar surface area (TPSA) is 95.5 Å². The standard InChI is InChI=1S/C35H51N5O2/c41-34(36-25-11-3-5-13-29-16-8-9-17-29)31-20-18-30(19-21-31)26-39-40-33-23-22-32(27-38-33)35(42)37-24-10-2-1-4-12-28-14-6-7-15-28/h18-23,26-29H,1-17,24-25H2,(H,36,41)(H,37,42)(H,38,40). The molecule has 0 spiro atoms. The number of carbonyl (C=O) groups excluding carboxylic acids is 2. The smallest absolute Gasteiger partial charge is 0.252 e. The van der Waals surface area contributed by atoms with Crippen LogP contribution in [0.2, 0.25) is 0 Å². The van der Waals surface area contributed by atoms with Gasteiger partial charge in [-0.25, -0.2) is 4.98 Å². The van der Waals surface area contributed by atoms with Crippen molar-refractivity contribution >= 4 is 23.8 Å². The maximum atomic E-state index is 12.4. The molecule has 7 nitrogen and oxygen atoms in total. The minimum Gasteiger partial charge on any atom is -0.352 e. The van der Waals surface area contributed by atoms with E-state index in [1.807, 2.05) is 24.3 Å². The van der Waals surface area contributed by atoms with Crippen molar-refractivity contribution in [3.05, 3.63) is 59.3 Å². The number of anilines is 1. The molecular formula is C35H51N5O2. The number of hydrogen-bond acceptors (Lipinski definition) is 5. The minimum absolute atomic E-state index is 0.0321. The molecule has 2 fully saturated rings. The van der Waals surface area contributed by atoms with Crippen molar-refractivity contribution in [1.29, 1.82) is 0 Å². The van der Waals surface area contributed by atoms with E-state index < -0.39 is 0 Å². The van der Waals surface area contributed by atoms with E-state index >= 15 is 0 Å². The molecule has 2 aromatic rings. The first kappa shape index (κ1) is 31.7. The number of aromatic nitrogens is 1. The summed E-state index contributed by atoms with van der Waals surface area (Å²) in [6.07, 6.45) is 25.6. The molecule has 3 N–H and O–H groups in total. The Bertz CT molecular complexity index is 1090. The monoisotopic (exact) mass is 573 g/mol. The van der Waals surface area contributed by atoms with Gasteiger partial charge in [0.15, 0.2) is 0 Å². The quantitative estimate of drug-likeness (QED) is 0.0960. The first-order chi connectivity index (χ1) is 20.7. The molecule has 228 valence electrons. The van der Waals surface area contributed by atoms with Gasteiger partial charge >= 0.3 is 0 Å². The molecule has 4 rings (SSSR count). The maximum Gasteiger partial charge on any atom is 0.252 e. The average molecular weight is 574 g/mol. The Kier molecular flexibility index (Phi) is 13.9. The summed E-state index contributed by atoms with van der Waals surface area (Å²) in [4.78, 5) is 29.1. The second-order valence-electron chi connectivity index (χ2n) is 12.3. The van der Waals surface area contributed by atoms with Crippen LogP contribution in [-0.2, 0) is 0 Å². The van der Waals surface area contributed by atoms with E-state index in [2.05, 4.69) is 26.1 Å². The number of carbonyl (C=O) groups is 2. The SMILES string of the molecule is O=C(NCCCCCCC1CCCC1)c1ccc(NN=Cc2ccc(C(=O)NCCCCCC3CCCC3)cc2)nc1. The number of hydrazone groups is 1. The third kappa shape index (κ3) is 11.6. The number of benzene rings is 1. The molecule has 1 aromatic heterocycles. The molecule has 1 heterocycles. The first-order valence-electron chi connectivity index (χ1n) is 16.6. The summed E-state index contributed by atoms with van der Waals surface area (Å²) in [5.74, 6) is 2.36. The van der Waals surface area contributed by atoms with Gasteiger partial charge in [0.1, 0.15) is 5.82 Å². The lowest BCUT2D eigenvalue weighted by molar-refractivity contribution is 0.0944. The molecule has 2 amide bonds. The van der Waals surface area contributed by atoms with Gasteiger partial charge in [-0.2, -0.15) is 5.10 Å². The molecule has 42 heavy (non-hydrogen) atoms. The van der Waals surface area contributed by atoms with Gasteiger partial charge in [0, 0.05) is 24.8 Å². The Morgan fingerprint density at radius 1 is 0.690 bits per heavy atom. The van der Waals surface area contributed by atoms with E-state index in [-0.39, 0.29) is 11.8 Å². The van der Waals surface area contributed by atoms with Crippen LogP contribution >= 0.6 is 0 Å². The Morgan fingerprint density at radius 3 is 1.79 bits per heavy atom. The second kappa shape index (κ2) is 18.3. The highest BCUT2D eigenvalue weighted by Gasteiger charge is 2.15. The van der Waals surface area contributed by atoms with Gasteiger partial charge < -0.3 is 10.6 Å². The molecule has 2 saturated carbocycles. The van der Waals surface area contributed by atoms with Crippen LogP contribution < -0.4 is 16.1 Å². The highest BCUT2D eigenvalue weighted by atomic mass is 16.2. The summed E-state index contributed by atoms with van der Waals surface area (Å²) in [7, 11) is 0. The number of pyridine rings is 1. The van der Waals surface area contributed by atoms with Gasteiger partial charge in [0.2, 0.25) is 0 Å². The maximum absolute atomic E-state index is 12.4. The average Bonchev–Trinajstić information content (AvgIpc) is 3.74. The highest BCUT2D eigenvalue weighted by molar-refractivity contribution is 5.95. The predicted molar refractivity (Wildman–Crippen MR) is 172 cm³/mol.